The van der Waals surface area contributed by atoms with E-state index in [2.05, 4.69) is 44.1 Å². The lowest BCUT2D eigenvalue weighted by Crippen LogP contribution is -2.40. The molecule has 1 aromatic carbocycles. The molecular formula is C18H27N5O. The highest BCUT2D eigenvalue weighted by atomic mass is 16.5. The van der Waals surface area contributed by atoms with Gasteiger partial charge in [-0.3, -0.25) is 0 Å². The molecular weight excluding hydrogens is 302 g/mol. The predicted molar refractivity (Wildman–Crippen MR) is 96.8 cm³/mol. The number of nitrogens with one attached hydrogen (secondary N) is 1. The molecule has 1 heterocycles. The summed E-state index contributed by atoms with van der Waals surface area (Å²) in [6.07, 6.45) is 5.92. The molecule has 2 rings (SSSR count). The SMILES string of the molecule is COCC(C)NC(N)=NCc1nccn1CCCc1ccccc1. The van der Waals surface area contributed by atoms with Crippen molar-refractivity contribution >= 4 is 5.96 Å². The third kappa shape index (κ3) is 6.04. The van der Waals surface area contributed by atoms with Gasteiger partial charge in [-0.25, -0.2) is 9.98 Å². The summed E-state index contributed by atoms with van der Waals surface area (Å²) in [4.78, 5) is 8.74. The van der Waals surface area contributed by atoms with Gasteiger partial charge in [-0.15, -0.1) is 0 Å². The first-order valence-electron chi connectivity index (χ1n) is 8.28. The maximum atomic E-state index is 5.89. The highest BCUT2D eigenvalue weighted by Crippen LogP contribution is 2.06. The molecule has 0 amide bonds. The maximum absolute atomic E-state index is 5.89. The normalized spacial score (nSPS) is 13.0. The van der Waals surface area contributed by atoms with E-state index in [0.717, 1.165) is 25.2 Å². The monoisotopic (exact) mass is 329 g/mol. The van der Waals surface area contributed by atoms with Gasteiger partial charge in [0.15, 0.2) is 5.96 Å². The van der Waals surface area contributed by atoms with Crippen LogP contribution in [0.25, 0.3) is 0 Å². The van der Waals surface area contributed by atoms with E-state index in [9.17, 15) is 0 Å². The molecule has 1 aromatic heterocycles. The number of hydrogen-bond acceptors (Lipinski definition) is 3. The number of aryl methyl sites for hydroxylation is 2. The number of rotatable bonds is 9. The van der Waals surface area contributed by atoms with Crippen molar-refractivity contribution in [1.82, 2.24) is 14.9 Å². The van der Waals surface area contributed by atoms with Gasteiger partial charge in [0.1, 0.15) is 12.4 Å². The minimum absolute atomic E-state index is 0.129. The molecule has 0 spiro atoms. The summed E-state index contributed by atoms with van der Waals surface area (Å²) in [5.41, 5.74) is 7.25. The van der Waals surface area contributed by atoms with Crippen molar-refractivity contribution in [1.29, 1.82) is 0 Å². The minimum atomic E-state index is 0.129. The smallest absolute Gasteiger partial charge is 0.189 e. The fraction of sp³-hybridized carbons (Fsp3) is 0.444. The summed E-state index contributed by atoms with van der Waals surface area (Å²) < 4.78 is 7.20. The van der Waals surface area contributed by atoms with Crippen molar-refractivity contribution in [3.63, 3.8) is 0 Å². The van der Waals surface area contributed by atoms with E-state index < -0.39 is 0 Å². The molecule has 3 N–H and O–H groups in total. The van der Waals surface area contributed by atoms with E-state index in [4.69, 9.17) is 10.5 Å². The molecule has 0 radical (unpaired) electrons. The number of ether oxygens (including phenoxy) is 1. The lowest BCUT2D eigenvalue weighted by molar-refractivity contribution is 0.179. The molecule has 1 unspecified atom stereocenters. The summed E-state index contributed by atoms with van der Waals surface area (Å²) in [6.45, 7) is 3.98. The number of guanidine groups is 1. The fourth-order valence-electron chi connectivity index (χ4n) is 2.54. The van der Waals surface area contributed by atoms with Crippen molar-refractivity contribution < 1.29 is 4.74 Å². The van der Waals surface area contributed by atoms with Crippen molar-refractivity contribution in [3.05, 3.63) is 54.1 Å². The third-order valence-corrected chi connectivity index (χ3v) is 3.71. The van der Waals surface area contributed by atoms with E-state index in [1.807, 2.05) is 25.4 Å². The van der Waals surface area contributed by atoms with Gasteiger partial charge in [0, 0.05) is 32.1 Å². The number of aromatic nitrogens is 2. The van der Waals surface area contributed by atoms with Gasteiger partial charge in [-0.1, -0.05) is 30.3 Å². The number of methoxy groups -OCH3 is 1. The van der Waals surface area contributed by atoms with Gasteiger partial charge in [0.05, 0.1) is 6.61 Å². The van der Waals surface area contributed by atoms with Crippen molar-refractivity contribution in [3.8, 4) is 0 Å². The summed E-state index contributed by atoms with van der Waals surface area (Å²) in [6, 6.07) is 10.6. The van der Waals surface area contributed by atoms with E-state index >= 15 is 0 Å². The summed E-state index contributed by atoms with van der Waals surface area (Å²) >= 11 is 0. The zero-order valence-corrected chi connectivity index (χ0v) is 14.5. The quantitative estimate of drug-likeness (QED) is 0.544. The molecule has 0 fully saturated rings. The van der Waals surface area contributed by atoms with Gasteiger partial charge in [0.25, 0.3) is 0 Å². The van der Waals surface area contributed by atoms with Crippen LogP contribution in [0.4, 0.5) is 0 Å². The van der Waals surface area contributed by atoms with Crippen LogP contribution in [0.3, 0.4) is 0 Å². The molecule has 0 aliphatic carbocycles. The number of aliphatic imine (C=N–C) groups is 1. The minimum Gasteiger partial charge on any atom is -0.383 e. The fourth-order valence-corrected chi connectivity index (χ4v) is 2.54. The van der Waals surface area contributed by atoms with Gasteiger partial charge < -0.3 is 20.4 Å². The lowest BCUT2D eigenvalue weighted by atomic mass is 10.1. The second-order valence-electron chi connectivity index (χ2n) is 5.83. The molecule has 0 aliphatic rings. The van der Waals surface area contributed by atoms with E-state index in [1.165, 1.54) is 5.56 Å². The van der Waals surface area contributed by atoms with Crippen LogP contribution in [0.1, 0.15) is 24.7 Å². The van der Waals surface area contributed by atoms with E-state index in [1.54, 1.807) is 7.11 Å². The average Bonchev–Trinajstić information content (AvgIpc) is 3.01. The Morgan fingerprint density at radius 1 is 1.38 bits per heavy atom. The Morgan fingerprint density at radius 2 is 2.17 bits per heavy atom. The zero-order valence-electron chi connectivity index (χ0n) is 14.5. The van der Waals surface area contributed by atoms with E-state index in [-0.39, 0.29) is 6.04 Å². The topological polar surface area (TPSA) is 77.5 Å². The second kappa shape index (κ2) is 9.72. The maximum Gasteiger partial charge on any atom is 0.189 e. The number of hydrogen-bond donors (Lipinski definition) is 2. The Balaban J connectivity index is 1.81. The Kier molecular flexibility index (Phi) is 7.29. The Labute approximate surface area is 143 Å². The van der Waals surface area contributed by atoms with Crippen molar-refractivity contribution in [2.75, 3.05) is 13.7 Å². The standard InChI is InChI=1S/C18H27N5O/c1-15(14-24-2)22-18(19)21-13-17-20-10-12-23(17)11-6-9-16-7-4-3-5-8-16/h3-5,7-8,10,12,15H,6,9,11,13-14H2,1-2H3,(H3,19,21,22). The first kappa shape index (κ1) is 18.0. The van der Waals surface area contributed by atoms with Crippen LogP contribution in [0.2, 0.25) is 0 Å². The number of nitrogens with zero attached hydrogens (tertiary/aromatic N) is 3. The molecule has 130 valence electrons. The van der Waals surface area contributed by atoms with Crippen LogP contribution in [0.15, 0.2) is 47.7 Å². The summed E-state index contributed by atoms with van der Waals surface area (Å²) in [7, 11) is 1.66. The lowest BCUT2D eigenvalue weighted by Gasteiger charge is -2.13. The van der Waals surface area contributed by atoms with Gasteiger partial charge in [-0.05, 0) is 25.3 Å². The largest absolute Gasteiger partial charge is 0.383 e. The molecule has 1 atom stereocenters. The molecule has 0 bridgehead atoms. The molecule has 6 nitrogen and oxygen atoms in total. The number of nitrogens with two attached hydrogens (primary N) is 1. The Hall–Kier alpha value is -2.34. The predicted octanol–water partition coefficient (Wildman–Crippen LogP) is 1.96. The third-order valence-electron chi connectivity index (χ3n) is 3.71. The van der Waals surface area contributed by atoms with Crippen LogP contribution < -0.4 is 11.1 Å². The van der Waals surface area contributed by atoms with Crippen molar-refractivity contribution in [2.24, 2.45) is 10.7 Å². The molecule has 6 heteroatoms. The number of imidazole rings is 1. The second-order valence-corrected chi connectivity index (χ2v) is 5.83. The highest BCUT2D eigenvalue weighted by Gasteiger charge is 2.04. The van der Waals surface area contributed by atoms with E-state index in [0.29, 0.717) is 19.1 Å². The van der Waals surface area contributed by atoms with Gasteiger partial charge in [-0.2, -0.15) is 0 Å². The molecule has 0 saturated carbocycles. The molecule has 0 saturated heterocycles. The highest BCUT2D eigenvalue weighted by molar-refractivity contribution is 5.78. The Morgan fingerprint density at radius 3 is 2.92 bits per heavy atom. The molecule has 0 aliphatic heterocycles. The summed E-state index contributed by atoms with van der Waals surface area (Å²) in [5, 5.41) is 3.09. The van der Waals surface area contributed by atoms with Gasteiger partial charge >= 0.3 is 0 Å². The summed E-state index contributed by atoms with van der Waals surface area (Å²) in [5.74, 6) is 1.34. The van der Waals surface area contributed by atoms with Crippen LogP contribution in [0, 0.1) is 0 Å². The first-order chi connectivity index (χ1) is 11.7. The average molecular weight is 329 g/mol. The Bertz CT molecular complexity index is 623. The van der Waals surface area contributed by atoms with Crippen LogP contribution >= 0.6 is 0 Å². The molecule has 2 aromatic rings. The van der Waals surface area contributed by atoms with Crippen LogP contribution in [-0.2, 0) is 24.2 Å². The van der Waals surface area contributed by atoms with Crippen LogP contribution in [-0.4, -0.2) is 35.3 Å². The van der Waals surface area contributed by atoms with Gasteiger partial charge in [0.2, 0.25) is 0 Å². The first-order valence-corrected chi connectivity index (χ1v) is 8.28. The number of benzene rings is 1. The molecule has 24 heavy (non-hydrogen) atoms. The zero-order chi connectivity index (χ0) is 17.2. The van der Waals surface area contributed by atoms with Crippen LogP contribution in [0.5, 0.6) is 0 Å². The van der Waals surface area contributed by atoms with Crippen molar-refractivity contribution in [2.45, 2.75) is 38.9 Å².